The smallest absolute Gasteiger partial charge is 0.339 e. The van der Waals surface area contributed by atoms with E-state index in [2.05, 4.69) is 0 Å². The van der Waals surface area contributed by atoms with Gasteiger partial charge in [0.2, 0.25) is 0 Å². The van der Waals surface area contributed by atoms with Crippen molar-refractivity contribution in [2.75, 3.05) is 0 Å². The van der Waals surface area contributed by atoms with E-state index < -0.39 is 29.5 Å². The lowest BCUT2D eigenvalue weighted by molar-refractivity contribution is -0.139. The van der Waals surface area contributed by atoms with Gasteiger partial charge in [-0.1, -0.05) is 18.2 Å². The molecule has 2 aliphatic heterocycles. The minimum Gasteiger partial charge on any atom is -0.507 e. The number of ether oxygens (including phenoxy) is 2. The van der Waals surface area contributed by atoms with Crippen LogP contribution in [0.2, 0.25) is 0 Å². The van der Waals surface area contributed by atoms with Crippen molar-refractivity contribution in [3.8, 4) is 23.0 Å². The third kappa shape index (κ3) is 4.31. The molecule has 1 saturated heterocycles. The fourth-order valence-corrected chi connectivity index (χ4v) is 3.72. The molecule has 0 spiro atoms. The maximum atomic E-state index is 12.7. The lowest BCUT2D eigenvalue weighted by atomic mass is 9.88. The van der Waals surface area contributed by atoms with Crippen molar-refractivity contribution in [3.63, 3.8) is 0 Å². The fraction of sp³-hybridized carbons (Fsp3) is 0.120. The standard InChI is InChI=1S/C25H20O9/c1-12(26)8-21-23-22(25(32)34-24(23)14-4-7-17(28)19(30)10-14)20(31)11-15(33-21)5-2-13-3-6-16(27)18(29)9-13/h2-11,23-24,27-31H,1H3/b5-2+,21-8-. The molecule has 0 saturated carbocycles. The number of rotatable bonds is 4. The number of phenolic OH excluding ortho intramolecular Hbond substituents is 4. The normalized spacial score (nSPS) is 21.1. The summed E-state index contributed by atoms with van der Waals surface area (Å²) in [5.74, 6) is -3.94. The molecule has 0 radical (unpaired) electrons. The predicted molar refractivity (Wildman–Crippen MR) is 118 cm³/mol. The van der Waals surface area contributed by atoms with Crippen molar-refractivity contribution in [3.05, 3.63) is 88.6 Å². The first-order valence-electron chi connectivity index (χ1n) is 10.1. The van der Waals surface area contributed by atoms with Crippen molar-refractivity contribution >= 4 is 17.8 Å². The molecule has 2 aromatic rings. The van der Waals surface area contributed by atoms with Gasteiger partial charge in [-0.15, -0.1) is 0 Å². The van der Waals surface area contributed by atoms with Crippen LogP contribution in [0.4, 0.5) is 0 Å². The van der Waals surface area contributed by atoms with Crippen molar-refractivity contribution in [1.29, 1.82) is 0 Å². The number of benzene rings is 2. The van der Waals surface area contributed by atoms with Crippen LogP contribution in [0.15, 0.2) is 77.5 Å². The third-order valence-corrected chi connectivity index (χ3v) is 5.28. The number of fused-ring (bicyclic) bond motifs is 1. The number of carbonyl (C=O) groups is 2. The number of hydrogen-bond acceptors (Lipinski definition) is 9. The summed E-state index contributed by atoms with van der Waals surface area (Å²) in [5, 5.41) is 49.3. The molecule has 2 unspecified atom stereocenters. The third-order valence-electron chi connectivity index (χ3n) is 5.28. The molecule has 0 aromatic heterocycles. The monoisotopic (exact) mass is 464 g/mol. The van der Waals surface area contributed by atoms with E-state index in [1.807, 2.05) is 0 Å². The molecule has 2 heterocycles. The van der Waals surface area contributed by atoms with Gasteiger partial charge in [-0.25, -0.2) is 4.79 Å². The Morgan fingerprint density at radius 1 is 0.912 bits per heavy atom. The molecule has 2 aromatic carbocycles. The predicted octanol–water partition coefficient (Wildman–Crippen LogP) is 3.64. The number of aliphatic hydroxyl groups is 1. The second-order valence-corrected chi connectivity index (χ2v) is 7.74. The van der Waals surface area contributed by atoms with Crippen LogP contribution >= 0.6 is 0 Å². The minimum absolute atomic E-state index is 0.0272. The zero-order chi connectivity index (χ0) is 24.6. The Balaban J connectivity index is 1.76. The van der Waals surface area contributed by atoms with Crippen molar-refractivity contribution in [2.24, 2.45) is 5.92 Å². The molecular weight excluding hydrogens is 444 g/mol. The van der Waals surface area contributed by atoms with Crippen LogP contribution in [-0.2, 0) is 19.1 Å². The summed E-state index contributed by atoms with van der Waals surface area (Å²) in [6.07, 6.45) is 4.30. The number of ketones is 1. The lowest BCUT2D eigenvalue weighted by Gasteiger charge is -2.21. The summed E-state index contributed by atoms with van der Waals surface area (Å²) in [6.45, 7) is 1.29. The van der Waals surface area contributed by atoms with E-state index in [-0.39, 0.29) is 40.1 Å². The largest absolute Gasteiger partial charge is 0.507 e. The first kappa shape index (κ1) is 22.5. The molecule has 1 fully saturated rings. The van der Waals surface area contributed by atoms with Gasteiger partial charge in [0.1, 0.15) is 23.4 Å². The van der Waals surface area contributed by atoms with E-state index in [0.29, 0.717) is 11.1 Å². The van der Waals surface area contributed by atoms with Gasteiger partial charge in [0.15, 0.2) is 28.8 Å². The molecule has 34 heavy (non-hydrogen) atoms. The highest BCUT2D eigenvalue weighted by atomic mass is 16.6. The van der Waals surface area contributed by atoms with Gasteiger partial charge in [-0.05, 0) is 48.4 Å². The Morgan fingerprint density at radius 2 is 1.59 bits per heavy atom. The Hall–Kier alpha value is -4.66. The number of allylic oxidation sites excluding steroid dienone is 3. The SMILES string of the molecule is CC(=O)/C=C1\OC(/C=C/c2ccc(O)c(O)c2)=CC(O)=C2C(=O)OC(c3ccc(O)c(O)c3)C21. The van der Waals surface area contributed by atoms with Crippen LogP contribution in [0.25, 0.3) is 6.08 Å². The van der Waals surface area contributed by atoms with Gasteiger partial charge in [0.25, 0.3) is 0 Å². The number of aliphatic hydroxyl groups excluding tert-OH is 1. The molecule has 0 amide bonds. The zero-order valence-corrected chi connectivity index (χ0v) is 17.8. The van der Waals surface area contributed by atoms with Crippen LogP contribution < -0.4 is 0 Å². The molecule has 2 aliphatic rings. The van der Waals surface area contributed by atoms with Crippen LogP contribution in [0.5, 0.6) is 23.0 Å². The average molecular weight is 464 g/mol. The number of cyclic esters (lactones) is 1. The quantitative estimate of drug-likeness (QED) is 0.259. The Morgan fingerprint density at radius 3 is 2.24 bits per heavy atom. The van der Waals surface area contributed by atoms with Gasteiger partial charge in [0, 0.05) is 12.2 Å². The zero-order valence-electron chi connectivity index (χ0n) is 17.8. The molecule has 0 bridgehead atoms. The molecule has 174 valence electrons. The van der Waals surface area contributed by atoms with E-state index in [1.165, 1.54) is 67.6 Å². The van der Waals surface area contributed by atoms with E-state index in [9.17, 15) is 35.1 Å². The van der Waals surface area contributed by atoms with Gasteiger partial charge in [-0.3, -0.25) is 4.79 Å². The number of aromatic hydroxyl groups is 4. The second kappa shape index (κ2) is 8.70. The van der Waals surface area contributed by atoms with E-state index in [1.54, 1.807) is 0 Å². The number of phenols is 4. The summed E-state index contributed by atoms with van der Waals surface area (Å²) in [6, 6.07) is 8.03. The summed E-state index contributed by atoms with van der Waals surface area (Å²) >= 11 is 0. The summed E-state index contributed by atoms with van der Waals surface area (Å²) < 4.78 is 11.3. The molecule has 4 rings (SSSR count). The highest BCUT2D eigenvalue weighted by Crippen LogP contribution is 2.47. The van der Waals surface area contributed by atoms with Gasteiger partial charge in [0.05, 0.1) is 11.5 Å². The fourth-order valence-electron chi connectivity index (χ4n) is 3.72. The first-order chi connectivity index (χ1) is 16.1. The molecule has 9 nitrogen and oxygen atoms in total. The van der Waals surface area contributed by atoms with Crippen molar-refractivity contribution in [1.82, 2.24) is 0 Å². The van der Waals surface area contributed by atoms with Crippen LogP contribution in [0.3, 0.4) is 0 Å². The second-order valence-electron chi connectivity index (χ2n) is 7.74. The summed E-state index contributed by atoms with van der Waals surface area (Å²) in [4.78, 5) is 24.6. The first-order valence-corrected chi connectivity index (χ1v) is 10.1. The summed E-state index contributed by atoms with van der Waals surface area (Å²) in [7, 11) is 0. The minimum atomic E-state index is -1.05. The van der Waals surface area contributed by atoms with Crippen molar-refractivity contribution < 1.29 is 44.6 Å². The number of hydrogen-bond donors (Lipinski definition) is 5. The van der Waals surface area contributed by atoms with Gasteiger partial charge in [-0.2, -0.15) is 0 Å². The van der Waals surface area contributed by atoms with Gasteiger partial charge >= 0.3 is 5.97 Å². The van der Waals surface area contributed by atoms with E-state index in [4.69, 9.17) is 9.47 Å². The highest BCUT2D eigenvalue weighted by Gasteiger charge is 2.47. The van der Waals surface area contributed by atoms with Gasteiger partial charge < -0.3 is 35.0 Å². The Bertz CT molecular complexity index is 1310. The highest BCUT2D eigenvalue weighted by molar-refractivity contribution is 5.95. The molecule has 2 atom stereocenters. The molecule has 9 heteroatoms. The van der Waals surface area contributed by atoms with Crippen LogP contribution in [0.1, 0.15) is 24.2 Å². The van der Waals surface area contributed by atoms with Crippen molar-refractivity contribution in [2.45, 2.75) is 13.0 Å². The van der Waals surface area contributed by atoms with E-state index >= 15 is 0 Å². The Labute approximate surface area is 193 Å². The average Bonchev–Trinajstić information content (AvgIpc) is 3.05. The topological polar surface area (TPSA) is 154 Å². The molecule has 0 aliphatic carbocycles. The molecular formula is C25H20O9. The number of esters is 1. The Kier molecular flexibility index (Phi) is 5.77. The summed E-state index contributed by atoms with van der Waals surface area (Å²) in [5.41, 5.74) is 0.689. The maximum Gasteiger partial charge on any atom is 0.339 e. The van der Waals surface area contributed by atoms with Crippen LogP contribution in [0, 0.1) is 5.92 Å². The maximum absolute atomic E-state index is 12.7. The van der Waals surface area contributed by atoms with Crippen LogP contribution in [-0.4, -0.2) is 37.3 Å². The number of carbonyl (C=O) groups excluding carboxylic acids is 2. The molecule has 5 N–H and O–H groups in total. The lowest BCUT2D eigenvalue weighted by Crippen LogP contribution is -2.15. The van der Waals surface area contributed by atoms with E-state index in [0.717, 1.165) is 0 Å².